The average Bonchev–Trinajstić information content (AvgIpc) is 2.67. The number of anilines is 4. The third-order valence-electron chi connectivity index (χ3n) is 3.60. The Kier molecular flexibility index (Phi) is 6.46. The van der Waals surface area contributed by atoms with Crippen LogP contribution in [0, 0.1) is 11.6 Å². The van der Waals surface area contributed by atoms with Crippen LogP contribution in [0.15, 0.2) is 72.8 Å². The van der Waals surface area contributed by atoms with Gasteiger partial charge in [-0.05, 0) is 97.2 Å². The van der Waals surface area contributed by atoms with Crippen molar-refractivity contribution in [2.75, 3.05) is 21.3 Å². The van der Waals surface area contributed by atoms with Crippen molar-refractivity contribution in [3.05, 3.63) is 84.4 Å². The smallest absolute Gasteiger partial charge is 0.175 e. The summed E-state index contributed by atoms with van der Waals surface area (Å²) in [6.45, 7) is 0. The van der Waals surface area contributed by atoms with Gasteiger partial charge in [-0.3, -0.25) is 0 Å². The maximum atomic E-state index is 12.9. The molecule has 4 N–H and O–H groups in total. The Morgan fingerprint density at radius 2 is 0.679 bits per heavy atom. The molecule has 0 atom stereocenters. The molecule has 0 bridgehead atoms. The molecule has 0 unspecified atom stereocenters. The van der Waals surface area contributed by atoms with E-state index in [2.05, 4.69) is 21.3 Å². The number of rotatable bonds is 4. The summed E-state index contributed by atoms with van der Waals surface area (Å²) in [6.07, 6.45) is 0. The van der Waals surface area contributed by atoms with Gasteiger partial charge in [0.15, 0.2) is 10.2 Å². The number of hydrogen-bond acceptors (Lipinski definition) is 2. The Labute approximate surface area is 172 Å². The summed E-state index contributed by atoms with van der Waals surface area (Å²) < 4.78 is 25.9. The molecular formula is C20H16F2N4S2. The maximum Gasteiger partial charge on any atom is 0.175 e. The summed E-state index contributed by atoms with van der Waals surface area (Å²) in [7, 11) is 0. The molecule has 8 heteroatoms. The van der Waals surface area contributed by atoms with Crippen LogP contribution in [0.4, 0.5) is 31.5 Å². The van der Waals surface area contributed by atoms with Gasteiger partial charge in [0.1, 0.15) is 11.6 Å². The lowest BCUT2D eigenvalue weighted by Gasteiger charge is -2.13. The standard InChI is InChI=1S/C20H16F2N4S2/c21-13-1-5-15(6-2-13)23-19(27)25-17-9-11-18(12-10-17)26-20(28)24-16-7-3-14(22)4-8-16/h1-12H,(H2,23,25,27)(H2,24,26,28). The van der Waals surface area contributed by atoms with Crippen molar-refractivity contribution in [2.45, 2.75) is 0 Å². The van der Waals surface area contributed by atoms with Crippen LogP contribution in [0.2, 0.25) is 0 Å². The SMILES string of the molecule is Fc1ccc(NC(=S)Nc2ccc(NC(=S)Nc3ccc(F)cc3)cc2)cc1. The van der Waals surface area contributed by atoms with Gasteiger partial charge in [-0.2, -0.15) is 0 Å². The molecule has 3 aromatic carbocycles. The van der Waals surface area contributed by atoms with Crippen molar-refractivity contribution in [3.8, 4) is 0 Å². The van der Waals surface area contributed by atoms with Crippen LogP contribution in [0.1, 0.15) is 0 Å². The minimum atomic E-state index is -0.306. The summed E-state index contributed by atoms with van der Waals surface area (Å²) in [5.74, 6) is -0.612. The van der Waals surface area contributed by atoms with Crippen molar-refractivity contribution in [1.29, 1.82) is 0 Å². The van der Waals surface area contributed by atoms with Crippen LogP contribution < -0.4 is 21.3 Å². The molecule has 0 fully saturated rings. The Morgan fingerprint density at radius 1 is 0.464 bits per heavy atom. The van der Waals surface area contributed by atoms with Crippen molar-refractivity contribution in [2.24, 2.45) is 0 Å². The van der Waals surface area contributed by atoms with Crippen LogP contribution in [0.5, 0.6) is 0 Å². The van der Waals surface area contributed by atoms with Crippen LogP contribution in [-0.4, -0.2) is 10.2 Å². The van der Waals surface area contributed by atoms with E-state index in [0.29, 0.717) is 21.6 Å². The van der Waals surface area contributed by atoms with E-state index in [-0.39, 0.29) is 11.6 Å². The fourth-order valence-corrected chi connectivity index (χ4v) is 2.76. The summed E-state index contributed by atoms with van der Waals surface area (Å²) >= 11 is 10.5. The summed E-state index contributed by atoms with van der Waals surface area (Å²) in [4.78, 5) is 0. The lowest BCUT2D eigenvalue weighted by molar-refractivity contribution is 0.627. The largest absolute Gasteiger partial charge is 0.332 e. The molecule has 0 aliphatic carbocycles. The van der Waals surface area contributed by atoms with Crippen LogP contribution >= 0.6 is 24.4 Å². The van der Waals surface area contributed by atoms with Crippen molar-refractivity contribution >= 4 is 57.4 Å². The molecule has 0 amide bonds. The second-order valence-electron chi connectivity index (χ2n) is 5.75. The van der Waals surface area contributed by atoms with Gasteiger partial charge >= 0.3 is 0 Å². The van der Waals surface area contributed by atoms with Gasteiger partial charge in [0.25, 0.3) is 0 Å². The Hall–Kier alpha value is -3.10. The highest BCUT2D eigenvalue weighted by atomic mass is 32.1. The molecule has 0 saturated carbocycles. The van der Waals surface area contributed by atoms with E-state index in [4.69, 9.17) is 24.4 Å². The molecule has 0 saturated heterocycles. The summed E-state index contributed by atoms with van der Waals surface area (Å²) in [6, 6.07) is 19.2. The lowest BCUT2D eigenvalue weighted by Crippen LogP contribution is -2.20. The zero-order chi connectivity index (χ0) is 19.9. The van der Waals surface area contributed by atoms with E-state index in [1.165, 1.54) is 24.3 Å². The first-order valence-electron chi connectivity index (χ1n) is 8.25. The van der Waals surface area contributed by atoms with Crippen molar-refractivity contribution in [3.63, 3.8) is 0 Å². The Morgan fingerprint density at radius 3 is 0.929 bits per heavy atom. The van der Waals surface area contributed by atoms with Crippen LogP contribution in [0.25, 0.3) is 0 Å². The number of hydrogen-bond donors (Lipinski definition) is 4. The van der Waals surface area contributed by atoms with Gasteiger partial charge in [-0.1, -0.05) is 0 Å². The van der Waals surface area contributed by atoms with Crippen LogP contribution in [-0.2, 0) is 0 Å². The van der Waals surface area contributed by atoms with Gasteiger partial charge in [0.05, 0.1) is 0 Å². The van der Waals surface area contributed by atoms with Crippen molar-refractivity contribution in [1.82, 2.24) is 0 Å². The van der Waals surface area contributed by atoms with Gasteiger partial charge < -0.3 is 21.3 Å². The molecule has 0 heterocycles. The first kappa shape index (κ1) is 19.7. The molecule has 0 aliphatic heterocycles. The number of nitrogens with one attached hydrogen (secondary N) is 4. The molecule has 3 rings (SSSR count). The number of thiocarbonyl (C=S) groups is 2. The molecular weight excluding hydrogens is 398 g/mol. The normalized spacial score (nSPS) is 10.1. The zero-order valence-corrected chi connectivity index (χ0v) is 16.1. The Bertz CT molecular complexity index is 879. The van der Waals surface area contributed by atoms with Gasteiger partial charge in [0.2, 0.25) is 0 Å². The van der Waals surface area contributed by atoms with E-state index in [1.807, 2.05) is 24.3 Å². The molecule has 0 spiro atoms. The predicted octanol–water partition coefficient (Wildman–Crippen LogP) is 5.58. The summed E-state index contributed by atoms with van der Waals surface area (Å²) in [5.41, 5.74) is 2.94. The quantitative estimate of drug-likeness (QED) is 0.418. The highest BCUT2D eigenvalue weighted by Gasteiger charge is 2.02. The van der Waals surface area contributed by atoms with E-state index in [0.717, 1.165) is 11.4 Å². The predicted molar refractivity (Wildman–Crippen MR) is 119 cm³/mol. The van der Waals surface area contributed by atoms with E-state index in [1.54, 1.807) is 24.3 Å². The Balaban J connectivity index is 1.51. The monoisotopic (exact) mass is 414 g/mol. The van der Waals surface area contributed by atoms with E-state index in [9.17, 15) is 8.78 Å². The average molecular weight is 415 g/mol. The lowest BCUT2D eigenvalue weighted by atomic mass is 10.3. The molecule has 4 nitrogen and oxygen atoms in total. The third kappa shape index (κ3) is 5.97. The number of benzene rings is 3. The molecule has 28 heavy (non-hydrogen) atoms. The first-order valence-corrected chi connectivity index (χ1v) is 9.07. The molecule has 0 aromatic heterocycles. The van der Waals surface area contributed by atoms with Crippen molar-refractivity contribution < 1.29 is 8.78 Å². The van der Waals surface area contributed by atoms with Crippen LogP contribution in [0.3, 0.4) is 0 Å². The van der Waals surface area contributed by atoms with E-state index < -0.39 is 0 Å². The van der Waals surface area contributed by atoms with E-state index >= 15 is 0 Å². The maximum absolute atomic E-state index is 12.9. The molecule has 142 valence electrons. The second kappa shape index (κ2) is 9.20. The first-order chi connectivity index (χ1) is 13.5. The molecule has 3 aromatic rings. The van der Waals surface area contributed by atoms with Gasteiger partial charge in [-0.25, -0.2) is 8.78 Å². The molecule has 0 aliphatic rings. The zero-order valence-electron chi connectivity index (χ0n) is 14.5. The topological polar surface area (TPSA) is 48.1 Å². The fourth-order valence-electron chi connectivity index (χ4n) is 2.29. The minimum Gasteiger partial charge on any atom is -0.332 e. The van der Waals surface area contributed by atoms with Gasteiger partial charge in [0, 0.05) is 22.7 Å². The highest BCUT2D eigenvalue weighted by molar-refractivity contribution is 7.81. The number of halogens is 2. The summed E-state index contributed by atoms with van der Waals surface area (Å²) in [5, 5.41) is 12.8. The van der Waals surface area contributed by atoms with Gasteiger partial charge in [-0.15, -0.1) is 0 Å². The third-order valence-corrected chi connectivity index (χ3v) is 4.01. The molecule has 0 radical (unpaired) electrons. The minimum absolute atomic E-state index is 0.306. The second-order valence-corrected chi connectivity index (χ2v) is 6.57. The highest BCUT2D eigenvalue weighted by Crippen LogP contribution is 2.16. The fraction of sp³-hybridized carbons (Fsp3) is 0.